The first-order valence-corrected chi connectivity index (χ1v) is 9.31. The molecule has 0 aliphatic rings. The molecule has 0 saturated carbocycles. The molecule has 0 aliphatic heterocycles. The van der Waals surface area contributed by atoms with Crippen LogP contribution in [0.5, 0.6) is 0 Å². The summed E-state index contributed by atoms with van der Waals surface area (Å²) in [6.45, 7) is 4.00. The third kappa shape index (κ3) is 31.7. The molecule has 0 unspecified atom stereocenters. The van der Waals surface area contributed by atoms with Crippen LogP contribution in [-0.4, -0.2) is 24.0 Å². The highest BCUT2D eigenvalue weighted by molar-refractivity contribution is 6.06. The summed E-state index contributed by atoms with van der Waals surface area (Å²) in [6.07, 6.45) is 9.92. The molecule has 0 spiro atoms. The van der Waals surface area contributed by atoms with E-state index in [1.54, 1.807) is 12.1 Å². The van der Waals surface area contributed by atoms with Crippen LogP contribution >= 0.6 is 24.3 Å². The number of carbonyl (C=O) groups excluding carboxylic acids is 1. The van der Waals surface area contributed by atoms with Crippen molar-refractivity contribution in [2.45, 2.75) is 41.2 Å². The molecule has 14 heteroatoms. The van der Waals surface area contributed by atoms with E-state index in [9.17, 15) is 14.9 Å². The van der Waals surface area contributed by atoms with Gasteiger partial charge >= 0.3 is 5.97 Å². The largest absolute Gasteiger partial charge is 0.468 e. The Kier molecular flexibility index (Phi) is 46.1. The Morgan fingerprint density at radius 3 is 1.89 bits per heavy atom. The molecular weight excluding hydrogens is 543 g/mol. The van der Waals surface area contributed by atoms with Gasteiger partial charge in [0.25, 0.3) is 5.69 Å². The Morgan fingerprint density at radius 1 is 1.11 bits per heavy atom. The van der Waals surface area contributed by atoms with E-state index in [4.69, 9.17) is 24.1 Å². The summed E-state index contributed by atoms with van der Waals surface area (Å²) in [5.74, 6) is 17.9. The molecule has 0 aliphatic carbocycles. The molecule has 1 aromatic carbocycles. The lowest BCUT2D eigenvalue weighted by molar-refractivity contribution is -0.612. The molecule has 0 bridgehead atoms. The molecule has 0 aromatic heterocycles. The maximum absolute atomic E-state index is 11.0. The van der Waals surface area contributed by atoms with Gasteiger partial charge in [-0.05, 0) is 64.4 Å². The van der Waals surface area contributed by atoms with Crippen LogP contribution in [0.4, 0.5) is 5.69 Å². The van der Waals surface area contributed by atoms with Crippen molar-refractivity contribution in [1.82, 2.24) is 0 Å². The number of nitrogens with zero attached hydrogens (tertiary/aromatic N) is 2. The van der Waals surface area contributed by atoms with E-state index in [-0.39, 0.29) is 40.1 Å². The summed E-state index contributed by atoms with van der Waals surface area (Å²) in [4.78, 5) is 24.4. The van der Waals surface area contributed by atoms with Gasteiger partial charge in [0.05, 0.1) is 17.3 Å². The van der Waals surface area contributed by atoms with Crippen LogP contribution in [0.25, 0.3) is 0 Å². The maximum Gasteiger partial charge on any atom is 0.322 e. The Bertz CT molecular complexity index is 1020. The van der Waals surface area contributed by atoms with Crippen molar-refractivity contribution in [2.75, 3.05) is 7.11 Å². The second kappa shape index (κ2) is 37.3. The number of non-ortho nitro benzene ring substituents is 1. The fourth-order valence-electron chi connectivity index (χ4n) is 1.48. The van der Waals surface area contributed by atoms with E-state index in [1.165, 1.54) is 19.2 Å². The molecule has 38 heavy (non-hydrogen) atoms. The summed E-state index contributed by atoms with van der Waals surface area (Å²) in [5.41, 5.74) is 12.2. The maximum atomic E-state index is 11.0. The average Bonchev–Trinajstić information content (AvgIpc) is 2.88. The van der Waals surface area contributed by atoms with Crippen molar-refractivity contribution in [3.63, 3.8) is 0 Å². The number of carbonyl (C=O) groups is 1. The lowest BCUT2D eigenvalue weighted by atomic mass is 10.1. The molecular formula is C24H40Cl2N4O8. The van der Waals surface area contributed by atoms with E-state index in [2.05, 4.69) is 88.7 Å². The number of rotatable bonds is 8. The first-order valence-electron chi connectivity index (χ1n) is 9.00. The zero-order valence-electron chi connectivity index (χ0n) is 19.3. The monoisotopic (exact) mass is 582 g/mol. The van der Waals surface area contributed by atoms with E-state index in [0.29, 0.717) is 6.42 Å². The molecule has 12 nitrogen and oxygen atoms in total. The Balaban J connectivity index is -0.0000000376. The van der Waals surface area contributed by atoms with Crippen molar-refractivity contribution in [2.24, 2.45) is 11.0 Å². The zero-order valence-corrected chi connectivity index (χ0v) is 20.8. The predicted octanol–water partition coefficient (Wildman–Crippen LogP) is 5.75. The molecule has 0 amide bonds. The highest BCUT2D eigenvalue weighted by atomic mass is 35.5. The smallest absolute Gasteiger partial charge is 0.322 e. The topological polar surface area (TPSA) is 169 Å². The van der Waals surface area contributed by atoms with Crippen molar-refractivity contribution in [1.29, 1.82) is 5.53 Å². The highest BCUT2D eigenvalue weighted by Gasteiger charge is 2.14. The van der Waals surface area contributed by atoms with Crippen LogP contribution in [0.1, 0.15) is 41.4 Å². The predicted molar refractivity (Wildman–Crippen MR) is 156 cm³/mol. The SMILES string of the molecule is C.C.C#CC#CC#CC#CC#C.CC.COC(=O)[C@@H](N)Cc1ccc([N+](=O)[O-])cc1.Cl.N=NOOOOCl.[HH].[HH].[HH].[HH].[HH]. The minimum absolute atomic E-state index is 0. The van der Waals surface area contributed by atoms with Gasteiger partial charge in [0.1, 0.15) is 17.9 Å². The molecule has 0 fully saturated rings. The van der Waals surface area contributed by atoms with Gasteiger partial charge in [-0.3, -0.25) is 14.9 Å². The standard InChI is InChI=1S/C10H12N2O4.C10H2.C2H6.2CH4.ClHN2O4.ClH.5H2/c1-16-10(13)9(11)6-7-2-4-8(5-3-7)12(14)15;1-3-5-7-9-10-8-6-4-2;1-2;;;1-4-6-7-5-3-2;;;;;;/h2-5,9H,6,11H2,1H3;1-2H;1-2H3;2*1H4;2H;6*1H/t9-;;;;;;;;;;;/m0.........../s1. The summed E-state index contributed by atoms with van der Waals surface area (Å²) in [5, 5.41) is 19.5. The summed E-state index contributed by atoms with van der Waals surface area (Å²) >= 11 is 4.41. The minimum Gasteiger partial charge on any atom is -0.468 e. The van der Waals surface area contributed by atoms with Crippen LogP contribution in [-0.2, 0) is 35.5 Å². The molecule has 1 aromatic rings. The number of methoxy groups -OCH3 is 1. The van der Waals surface area contributed by atoms with E-state index < -0.39 is 16.9 Å². The lowest BCUT2D eigenvalue weighted by Crippen LogP contribution is -2.33. The first-order chi connectivity index (χ1) is 16.9. The van der Waals surface area contributed by atoms with E-state index in [0.717, 1.165) is 5.56 Å². The van der Waals surface area contributed by atoms with Crippen LogP contribution in [0, 0.1) is 75.9 Å². The summed E-state index contributed by atoms with van der Waals surface area (Å²) < 4.78 is 7.80. The van der Waals surface area contributed by atoms with Crippen molar-refractivity contribution in [3.05, 3.63) is 39.9 Å². The fourth-order valence-corrected chi connectivity index (χ4v) is 1.50. The van der Waals surface area contributed by atoms with Gasteiger partial charge in [-0.15, -0.1) is 25.3 Å². The number of hydrogen-bond acceptors (Lipinski definition) is 11. The Hall–Kier alpha value is -4.29. The zero-order chi connectivity index (χ0) is 27.3. The number of terminal acetylenes is 2. The van der Waals surface area contributed by atoms with Crippen LogP contribution in [0.15, 0.2) is 29.5 Å². The molecule has 1 rings (SSSR count). The minimum atomic E-state index is -0.744. The van der Waals surface area contributed by atoms with Crippen LogP contribution in [0.3, 0.4) is 0 Å². The van der Waals surface area contributed by atoms with Gasteiger partial charge in [-0.1, -0.05) is 45.3 Å². The second-order valence-electron chi connectivity index (χ2n) is 4.66. The van der Waals surface area contributed by atoms with Crippen LogP contribution < -0.4 is 5.73 Å². The van der Waals surface area contributed by atoms with Gasteiger partial charge in [0, 0.05) is 24.3 Å². The first kappa shape index (κ1) is 47.0. The molecule has 218 valence electrons. The molecule has 0 heterocycles. The number of halogens is 2. The Morgan fingerprint density at radius 2 is 1.55 bits per heavy atom. The number of benzene rings is 1. The summed E-state index contributed by atoms with van der Waals surface area (Å²) in [6, 6.07) is 5.15. The number of nitrogens with two attached hydrogens (primary N) is 1. The van der Waals surface area contributed by atoms with E-state index in [1.807, 2.05) is 13.8 Å². The normalized spacial score (nSPS) is 7.55. The van der Waals surface area contributed by atoms with Crippen LogP contribution in [0.2, 0.25) is 0 Å². The van der Waals surface area contributed by atoms with Crippen molar-refractivity contribution in [3.8, 4) is 60.2 Å². The van der Waals surface area contributed by atoms with E-state index >= 15 is 0 Å². The second-order valence-corrected chi connectivity index (χ2v) is 4.79. The molecule has 3 N–H and O–H groups in total. The van der Waals surface area contributed by atoms with Gasteiger partial charge in [-0.2, -0.15) is 10.5 Å². The molecule has 0 saturated heterocycles. The van der Waals surface area contributed by atoms with Gasteiger partial charge in [-0.25, -0.2) is 0 Å². The Labute approximate surface area is 242 Å². The van der Waals surface area contributed by atoms with Gasteiger partial charge in [0.2, 0.25) is 0 Å². The average molecular weight is 584 g/mol. The third-order valence-corrected chi connectivity index (χ3v) is 2.74. The number of hydrogen-bond donors (Lipinski definition) is 2. The number of nitro groups is 1. The number of nitrogens with one attached hydrogen (secondary N) is 1. The van der Waals surface area contributed by atoms with Crippen molar-refractivity contribution < 1.29 is 41.1 Å². The fraction of sp³-hybridized carbons (Fsp3) is 0.292. The summed E-state index contributed by atoms with van der Waals surface area (Å²) in [7, 11) is 1.26. The molecule has 1 atom stereocenters. The lowest BCUT2D eigenvalue weighted by Gasteiger charge is -2.08. The van der Waals surface area contributed by atoms with Crippen molar-refractivity contribution >= 4 is 35.9 Å². The highest BCUT2D eigenvalue weighted by Crippen LogP contribution is 2.13. The number of esters is 1. The van der Waals surface area contributed by atoms with Gasteiger partial charge < -0.3 is 10.5 Å². The van der Waals surface area contributed by atoms with Gasteiger partial charge in [0.15, 0.2) is 0 Å². The third-order valence-electron chi connectivity index (χ3n) is 2.68. The number of ether oxygens (including phenoxy) is 1. The number of nitro benzene ring substituents is 1. The quantitative estimate of drug-likeness (QED) is 0.0736. The molecule has 0 radical (unpaired) electrons.